The standard InChI is InChI=1S/C12H17NO/c1-14-11-7-8-13-12(9-11)10-5-3-2-4-6-10/h2-6,11-13H,7-9H2,1H3. The Morgan fingerprint density at radius 3 is 2.79 bits per heavy atom. The third-order valence-electron chi connectivity index (χ3n) is 2.89. The topological polar surface area (TPSA) is 21.3 Å². The summed E-state index contributed by atoms with van der Waals surface area (Å²) in [5.41, 5.74) is 1.37. The molecule has 1 aliphatic heterocycles. The molecule has 1 fully saturated rings. The summed E-state index contributed by atoms with van der Waals surface area (Å²) in [6, 6.07) is 11.1. The molecule has 0 radical (unpaired) electrons. The van der Waals surface area contributed by atoms with Crippen molar-refractivity contribution in [3.63, 3.8) is 0 Å². The van der Waals surface area contributed by atoms with Crippen LogP contribution in [-0.2, 0) is 4.74 Å². The predicted molar refractivity (Wildman–Crippen MR) is 57.2 cm³/mol. The molecular formula is C12H17NO. The summed E-state index contributed by atoms with van der Waals surface area (Å²) in [5, 5.41) is 3.52. The van der Waals surface area contributed by atoms with Crippen LogP contribution in [0.3, 0.4) is 0 Å². The average molecular weight is 191 g/mol. The van der Waals surface area contributed by atoms with Gasteiger partial charge >= 0.3 is 0 Å². The first-order chi connectivity index (χ1) is 6.90. The average Bonchev–Trinajstić information content (AvgIpc) is 2.30. The smallest absolute Gasteiger partial charge is 0.0601 e. The van der Waals surface area contributed by atoms with E-state index >= 15 is 0 Å². The summed E-state index contributed by atoms with van der Waals surface area (Å²) in [6.07, 6.45) is 2.63. The van der Waals surface area contributed by atoms with Gasteiger partial charge in [0, 0.05) is 13.2 Å². The van der Waals surface area contributed by atoms with Gasteiger partial charge in [-0.3, -0.25) is 0 Å². The van der Waals surface area contributed by atoms with E-state index in [1.807, 2.05) is 0 Å². The molecule has 1 saturated heterocycles. The zero-order valence-electron chi connectivity index (χ0n) is 8.57. The second-order valence-electron chi connectivity index (χ2n) is 3.80. The van der Waals surface area contributed by atoms with Gasteiger partial charge in [-0.05, 0) is 24.9 Å². The Morgan fingerprint density at radius 2 is 2.07 bits per heavy atom. The van der Waals surface area contributed by atoms with Crippen molar-refractivity contribution in [3.8, 4) is 0 Å². The molecule has 0 aliphatic carbocycles. The number of piperidine rings is 1. The van der Waals surface area contributed by atoms with E-state index in [2.05, 4.69) is 35.6 Å². The van der Waals surface area contributed by atoms with E-state index in [1.165, 1.54) is 5.56 Å². The molecule has 1 N–H and O–H groups in total. The van der Waals surface area contributed by atoms with E-state index in [-0.39, 0.29) is 0 Å². The minimum atomic E-state index is 0.418. The molecule has 1 aromatic rings. The highest BCUT2D eigenvalue weighted by Crippen LogP contribution is 2.24. The lowest BCUT2D eigenvalue weighted by Crippen LogP contribution is -2.35. The number of nitrogens with one attached hydrogen (secondary N) is 1. The van der Waals surface area contributed by atoms with Crippen molar-refractivity contribution < 1.29 is 4.74 Å². The molecule has 14 heavy (non-hydrogen) atoms. The van der Waals surface area contributed by atoms with Gasteiger partial charge in [-0.15, -0.1) is 0 Å². The minimum Gasteiger partial charge on any atom is -0.381 e. The van der Waals surface area contributed by atoms with Crippen molar-refractivity contribution in [3.05, 3.63) is 35.9 Å². The molecule has 2 unspecified atom stereocenters. The van der Waals surface area contributed by atoms with Crippen LogP contribution in [0.5, 0.6) is 0 Å². The maximum absolute atomic E-state index is 5.40. The largest absolute Gasteiger partial charge is 0.381 e. The summed E-state index contributed by atoms with van der Waals surface area (Å²) in [5.74, 6) is 0. The molecule has 1 aromatic carbocycles. The highest BCUT2D eigenvalue weighted by atomic mass is 16.5. The Morgan fingerprint density at radius 1 is 1.29 bits per heavy atom. The molecule has 1 aliphatic rings. The first-order valence-corrected chi connectivity index (χ1v) is 5.21. The molecule has 0 saturated carbocycles. The van der Waals surface area contributed by atoms with Gasteiger partial charge < -0.3 is 10.1 Å². The predicted octanol–water partition coefficient (Wildman–Crippen LogP) is 2.13. The van der Waals surface area contributed by atoms with Crippen LogP contribution in [-0.4, -0.2) is 19.8 Å². The van der Waals surface area contributed by atoms with E-state index in [9.17, 15) is 0 Å². The third kappa shape index (κ3) is 2.14. The van der Waals surface area contributed by atoms with Crippen molar-refractivity contribution in [2.24, 2.45) is 0 Å². The van der Waals surface area contributed by atoms with Gasteiger partial charge in [0.15, 0.2) is 0 Å². The van der Waals surface area contributed by atoms with Crippen molar-refractivity contribution in [2.45, 2.75) is 25.0 Å². The number of hydrogen-bond acceptors (Lipinski definition) is 2. The van der Waals surface area contributed by atoms with Crippen molar-refractivity contribution in [1.82, 2.24) is 5.32 Å². The summed E-state index contributed by atoms with van der Waals surface area (Å²) < 4.78 is 5.40. The summed E-state index contributed by atoms with van der Waals surface area (Å²) in [4.78, 5) is 0. The fraction of sp³-hybridized carbons (Fsp3) is 0.500. The highest BCUT2D eigenvalue weighted by Gasteiger charge is 2.21. The lowest BCUT2D eigenvalue weighted by atomic mass is 9.95. The molecule has 0 amide bonds. The molecule has 2 heteroatoms. The van der Waals surface area contributed by atoms with Crippen molar-refractivity contribution >= 4 is 0 Å². The van der Waals surface area contributed by atoms with Gasteiger partial charge in [-0.1, -0.05) is 30.3 Å². The minimum absolute atomic E-state index is 0.418. The Labute approximate surface area is 85.3 Å². The van der Waals surface area contributed by atoms with Crippen molar-refractivity contribution in [2.75, 3.05) is 13.7 Å². The number of benzene rings is 1. The molecule has 2 atom stereocenters. The van der Waals surface area contributed by atoms with E-state index < -0.39 is 0 Å². The van der Waals surface area contributed by atoms with Crippen LogP contribution in [0.2, 0.25) is 0 Å². The second-order valence-corrected chi connectivity index (χ2v) is 3.80. The highest BCUT2D eigenvalue weighted by molar-refractivity contribution is 5.19. The van der Waals surface area contributed by atoms with Crippen LogP contribution in [0.25, 0.3) is 0 Å². The second kappa shape index (κ2) is 4.58. The lowest BCUT2D eigenvalue weighted by Gasteiger charge is -2.29. The lowest BCUT2D eigenvalue weighted by molar-refractivity contribution is 0.0619. The van der Waals surface area contributed by atoms with Crippen molar-refractivity contribution in [1.29, 1.82) is 0 Å². The van der Waals surface area contributed by atoms with Crippen LogP contribution in [0.4, 0.5) is 0 Å². The van der Waals surface area contributed by atoms with E-state index in [1.54, 1.807) is 7.11 Å². The molecule has 2 nitrogen and oxygen atoms in total. The molecule has 0 bridgehead atoms. The fourth-order valence-electron chi connectivity index (χ4n) is 2.04. The van der Waals surface area contributed by atoms with E-state index in [4.69, 9.17) is 4.74 Å². The maximum Gasteiger partial charge on any atom is 0.0601 e. The van der Waals surface area contributed by atoms with Crippen LogP contribution in [0.1, 0.15) is 24.4 Å². The number of methoxy groups -OCH3 is 1. The van der Waals surface area contributed by atoms with Gasteiger partial charge in [0.1, 0.15) is 0 Å². The SMILES string of the molecule is COC1CCNC(c2ccccc2)C1. The summed E-state index contributed by atoms with van der Waals surface area (Å²) >= 11 is 0. The number of rotatable bonds is 2. The van der Waals surface area contributed by atoms with E-state index in [0.29, 0.717) is 12.1 Å². The molecule has 76 valence electrons. The molecule has 2 rings (SSSR count). The monoisotopic (exact) mass is 191 g/mol. The van der Waals surface area contributed by atoms with Crippen LogP contribution >= 0.6 is 0 Å². The fourth-order valence-corrected chi connectivity index (χ4v) is 2.04. The summed E-state index contributed by atoms with van der Waals surface area (Å²) in [6.45, 7) is 1.05. The first kappa shape index (κ1) is 9.69. The van der Waals surface area contributed by atoms with Gasteiger partial charge in [-0.2, -0.15) is 0 Å². The molecule has 0 spiro atoms. The van der Waals surface area contributed by atoms with Gasteiger partial charge in [0.2, 0.25) is 0 Å². The van der Waals surface area contributed by atoms with Crippen LogP contribution in [0.15, 0.2) is 30.3 Å². The number of ether oxygens (including phenoxy) is 1. The number of hydrogen-bond donors (Lipinski definition) is 1. The summed E-state index contributed by atoms with van der Waals surface area (Å²) in [7, 11) is 1.80. The maximum atomic E-state index is 5.40. The zero-order valence-corrected chi connectivity index (χ0v) is 8.57. The Hall–Kier alpha value is -0.860. The molecule has 0 aromatic heterocycles. The first-order valence-electron chi connectivity index (χ1n) is 5.21. The van der Waals surface area contributed by atoms with Gasteiger partial charge in [0.25, 0.3) is 0 Å². The van der Waals surface area contributed by atoms with E-state index in [0.717, 1.165) is 19.4 Å². The van der Waals surface area contributed by atoms with Gasteiger partial charge in [-0.25, -0.2) is 0 Å². The third-order valence-corrected chi connectivity index (χ3v) is 2.89. The quantitative estimate of drug-likeness (QED) is 0.773. The van der Waals surface area contributed by atoms with Crippen LogP contribution in [0, 0.1) is 0 Å². The van der Waals surface area contributed by atoms with Gasteiger partial charge in [0.05, 0.1) is 6.10 Å². The Bertz CT molecular complexity index is 273. The normalized spacial score (nSPS) is 27.5. The Balaban J connectivity index is 2.04. The van der Waals surface area contributed by atoms with Crippen LogP contribution < -0.4 is 5.32 Å². The molecular weight excluding hydrogens is 174 g/mol. The Kier molecular flexibility index (Phi) is 3.17. The molecule has 1 heterocycles. The zero-order chi connectivity index (χ0) is 9.80.